The number of rotatable bonds is 3. The molecule has 3 heterocycles. The lowest BCUT2D eigenvalue weighted by Gasteiger charge is -2.33. The van der Waals surface area contributed by atoms with Crippen molar-refractivity contribution in [1.82, 2.24) is 14.9 Å². The molecular weight excluding hydrogens is 371 g/mol. The molecule has 1 saturated heterocycles. The van der Waals surface area contributed by atoms with Crippen LogP contribution in [0.5, 0.6) is 0 Å². The highest BCUT2D eigenvalue weighted by Crippen LogP contribution is 2.31. The Morgan fingerprint density at radius 3 is 2.76 bits per heavy atom. The van der Waals surface area contributed by atoms with E-state index in [2.05, 4.69) is 9.97 Å². The van der Waals surface area contributed by atoms with E-state index in [9.17, 15) is 14.0 Å². The summed E-state index contributed by atoms with van der Waals surface area (Å²) < 4.78 is 13.6. The average Bonchev–Trinajstić information content (AvgIpc) is 2.73. The Labute approximate surface area is 167 Å². The molecule has 29 heavy (non-hydrogen) atoms. The number of amides is 2. The third-order valence-electron chi connectivity index (χ3n) is 5.33. The van der Waals surface area contributed by atoms with E-state index in [0.717, 1.165) is 18.5 Å². The van der Waals surface area contributed by atoms with E-state index in [1.165, 1.54) is 12.1 Å². The van der Waals surface area contributed by atoms with Crippen molar-refractivity contribution in [3.8, 4) is 0 Å². The second kappa shape index (κ2) is 7.58. The molecule has 0 radical (unpaired) electrons. The molecule has 6 nitrogen and oxygen atoms in total. The summed E-state index contributed by atoms with van der Waals surface area (Å²) in [5.74, 6) is -1.22. The lowest BCUT2D eigenvalue weighted by atomic mass is 9.90. The molecule has 2 aromatic heterocycles. The molecule has 0 unspecified atom stereocenters. The molecule has 0 saturated carbocycles. The van der Waals surface area contributed by atoms with Crippen LogP contribution in [0.3, 0.4) is 0 Å². The van der Waals surface area contributed by atoms with Gasteiger partial charge in [0, 0.05) is 36.3 Å². The minimum atomic E-state index is -0.607. The Balaban J connectivity index is 1.67. The molecule has 1 aromatic carbocycles. The molecule has 1 aliphatic heterocycles. The normalized spacial score (nSPS) is 16.8. The van der Waals surface area contributed by atoms with Crippen LogP contribution in [0.25, 0.3) is 10.9 Å². The number of aryl methyl sites for hydroxylation is 1. The van der Waals surface area contributed by atoms with Gasteiger partial charge in [-0.2, -0.15) is 0 Å². The Morgan fingerprint density at radius 1 is 1.21 bits per heavy atom. The molecule has 3 aromatic rings. The van der Waals surface area contributed by atoms with Gasteiger partial charge in [0.1, 0.15) is 5.82 Å². The second-order valence-corrected chi connectivity index (χ2v) is 7.40. The molecule has 148 valence electrons. The summed E-state index contributed by atoms with van der Waals surface area (Å²) in [5.41, 5.74) is 8.41. The first-order valence-electron chi connectivity index (χ1n) is 9.54. The van der Waals surface area contributed by atoms with E-state index in [4.69, 9.17) is 5.73 Å². The second-order valence-electron chi connectivity index (χ2n) is 7.40. The van der Waals surface area contributed by atoms with Gasteiger partial charge in [-0.1, -0.05) is 0 Å². The van der Waals surface area contributed by atoms with Gasteiger partial charge in [-0.3, -0.25) is 19.6 Å². The topological polar surface area (TPSA) is 89.2 Å². The number of nitrogens with zero attached hydrogens (tertiary/aromatic N) is 3. The minimum absolute atomic E-state index is 0.0920. The fraction of sp³-hybridized carbons (Fsp3) is 0.273. The highest BCUT2D eigenvalue weighted by atomic mass is 19.1. The number of fused-ring (bicyclic) bond motifs is 1. The maximum atomic E-state index is 13.6. The molecule has 1 aliphatic rings. The number of benzene rings is 1. The van der Waals surface area contributed by atoms with E-state index in [1.54, 1.807) is 29.3 Å². The van der Waals surface area contributed by atoms with E-state index >= 15 is 0 Å². The van der Waals surface area contributed by atoms with Crippen molar-refractivity contribution in [2.24, 2.45) is 5.73 Å². The SMILES string of the molecule is Cc1ccc(C(=O)N2CCC[C@H](c3nc4ccc(F)cc4cc3C(N)=O)C2)cn1. The van der Waals surface area contributed by atoms with Gasteiger partial charge < -0.3 is 10.6 Å². The van der Waals surface area contributed by atoms with E-state index in [-0.39, 0.29) is 17.4 Å². The van der Waals surface area contributed by atoms with Crippen molar-refractivity contribution >= 4 is 22.7 Å². The standard InChI is InChI=1S/C22H21FN4O2/c1-13-4-5-14(11-25-13)22(29)27-8-2-3-15(12-27)20-18(21(24)28)10-16-9-17(23)6-7-19(16)26-20/h4-7,9-11,15H,2-3,8,12H2,1H3,(H2,24,28)/t15-/m0/s1. The van der Waals surface area contributed by atoms with Crippen LogP contribution in [-0.2, 0) is 0 Å². The van der Waals surface area contributed by atoms with E-state index in [0.29, 0.717) is 35.2 Å². The van der Waals surface area contributed by atoms with Gasteiger partial charge in [0.05, 0.1) is 22.3 Å². The van der Waals surface area contributed by atoms with Crippen LogP contribution in [0, 0.1) is 12.7 Å². The number of carbonyl (C=O) groups excluding carboxylic acids is 2. The van der Waals surface area contributed by atoms with Gasteiger partial charge in [-0.05, 0) is 56.2 Å². The fourth-order valence-corrected chi connectivity index (χ4v) is 3.83. The molecule has 0 bridgehead atoms. The summed E-state index contributed by atoms with van der Waals surface area (Å²) in [6.45, 7) is 2.94. The third-order valence-corrected chi connectivity index (χ3v) is 5.33. The first-order valence-corrected chi connectivity index (χ1v) is 9.54. The van der Waals surface area contributed by atoms with Crippen molar-refractivity contribution in [3.05, 3.63) is 70.9 Å². The summed E-state index contributed by atoms with van der Waals surface area (Å²) in [7, 11) is 0. The largest absolute Gasteiger partial charge is 0.366 e. The predicted molar refractivity (Wildman–Crippen MR) is 107 cm³/mol. The molecule has 2 amide bonds. The zero-order valence-electron chi connectivity index (χ0n) is 16.1. The number of hydrogen-bond acceptors (Lipinski definition) is 4. The zero-order chi connectivity index (χ0) is 20.5. The number of nitrogens with two attached hydrogens (primary N) is 1. The van der Waals surface area contributed by atoms with Gasteiger partial charge in [-0.15, -0.1) is 0 Å². The molecule has 1 fully saturated rings. The number of likely N-dealkylation sites (tertiary alicyclic amines) is 1. The molecule has 1 atom stereocenters. The Morgan fingerprint density at radius 2 is 2.03 bits per heavy atom. The summed E-state index contributed by atoms with van der Waals surface area (Å²) in [5, 5.41) is 0.525. The first kappa shape index (κ1) is 19.0. The summed E-state index contributed by atoms with van der Waals surface area (Å²) >= 11 is 0. The van der Waals surface area contributed by atoms with Gasteiger partial charge in [0.25, 0.3) is 11.8 Å². The molecule has 7 heteroatoms. The first-order chi connectivity index (χ1) is 13.9. The van der Waals surface area contributed by atoms with Gasteiger partial charge in [-0.25, -0.2) is 4.39 Å². The van der Waals surface area contributed by atoms with Crippen LogP contribution in [-0.4, -0.2) is 39.8 Å². The van der Waals surface area contributed by atoms with Gasteiger partial charge in [0.2, 0.25) is 0 Å². The van der Waals surface area contributed by atoms with Crippen molar-refractivity contribution in [2.75, 3.05) is 13.1 Å². The Bertz CT molecular complexity index is 1100. The number of piperidine rings is 1. The van der Waals surface area contributed by atoms with Crippen LogP contribution in [0.4, 0.5) is 4.39 Å². The monoisotopic (exact) mass is 392 g/mol. The van der Waals surface area contributed by atoms with Crippen LogP contribution in [0.2, 0.25) is 0 Å². The molecule has 0 aliphatic carbocycles. The fourth-order valence-electron chi connectivity index (χ4n) is 3.83. The summed E-state index contributed by atoms with van der Waals surface area (Å²) in [6.07, 6.45) is 3.16. The van der Waals surface area contributed by atoms with Crippen LogP contribution >= 0.6 is 0 Å². The van der Waals surface area contributed by atoms with Gasteiger partial charge in [0.15, 0.2) is 0 Å². The maximum absolute atomic E-state index is 13.6. The zero-order valence-corrected chi connectivity index (χ0v) is 16.1. The van der Waals surface area contributed by atoms with Crippen molar-refractivity contribution in [1.29, 1.82) is 0 Å². The van der Waals surface area contributed by atoms with Crippen molar-refractivity contribution < 1.29 is 14.0 Å². The molecule has 0 spiro atoms. The number of pyridine rings is 2. The molecule has 4 rings (SSSR count). The lowest BCUT2D eigenvalue weighted by molar-refractivity contribution is 0.0705. The van der Waals surface area contributed by atoms with Crippen LogP contribution < -0.4 is 5.73 Å². The minimum Gasteiger partial charge on any atom is -0.366 e. The van der Waals surface area contributed by atoms with Gasteiger partial charge >= 0.3 is 0 Å². The quantitative estimate of drug-likeness (QED) is 0.741. The summed E-state index contributed by atoms with van der Waals surface area (Å²) in [6, 6.07) is 9.43. The highest BCUT2D eigenvalue weighted by Gasteiger charge is 2.29. The molecular formula is C22H21FN4O2. The van der Waals surface area contributed by atoms with Crippen LogP contribution in [0.15, 0.2) is 42.6 Å². The van der Waals surface area contributed by atoms with Crippen LogP contribution in [0.1, 0.15) is 50.9 Å². The Hall–Kier alpha value is -3.35. The maximum Gasteiger partial charge on any atom is 0.255 e. The lowest BCUT2D eigenvalue weighted by Crippen LogP contribution is -2.40. The van der Waals surface area contributed by atoms with E-state index < -0.39 is 11.7 Å². The average molecular weight is 392 g/mol. The Kier molecular flexibility index (Phi) is 4.96. The number of halogens is 1. The third kappa shape index (κ3) is 3.81. The predicted octanol–water partition coefficient (Wildman–Crippen LogP) is 3.20. The number of aromatic nitrogens is 2. The molecule has 2 N–H and O–H groups in total. The number of primary amides is 1. The number of hydrogen-bond donors (Lipinski definition) is 1. The smallest absolute Gasteiger partial charge is 0.255 e. The van der Waals surface area contributed by atoms with Crippen molar-refractivity contribution in [2.45, 2.75) is 25.7 Å². The van der Waals surface area contributed by atoms with E-state index in [1.807, 2.05) is 13.0 Å². The van der Waals surface area contributed by atoms with Crippen molar-refractivity contribution in [3.63, 3.8) is 0 Å². The number of carbonyl (C=O) groups is 2. The highest BCUT2D eigenvalue weighted by molar-refractivity contribution is 5.98. The summed E-state index contributed by atoms with van der Waals surface area (Å²) in [4.78, 5) is 35.5.